The van der Waals surface area contributed by atoms with Crippen molar-refractivity contribution in [2.24, 2.45) is 0 Å². The summed E-state index contributed by atoms with van der Waals surface area (Å²) >= 11 is 0. The monoisotopic (exact) mass is 281 g/mol. The molecule has 0 saturated heterocycles. The second-order valence-corrected chi connectivity index (χ2v) is 4.00. The van der Waals surface area contributed by atoms with E-state index in [-0.39, 0.29) is 5.56 Å². The van der Waals surface area contributed by atoms with Crippen molar-refractivity contribution in [3.63, 3.8) is 0 Å². The normalized spacial score (nSPS) is 10.5. The van der Waals surface area contributed by atoms with Gasteiger partial charge in [-0.05, 0) is 18.3 Å². The summed E-state index contributed by atoms with van der Waals surface area (Å²) < 4.78 is 0. The van der Waals surface area contributed by atoms with E-state index >= 15 is 0 Å². The Labute approximate surface area is 113 Å². The molecular weight excluding hydrogens is 270 g/mol. The molecule has 0 amide bonds. The van der Waals surface area contributed by atoms with E-state index in [9.17, 15) is 25.0 Å². The van der Waals surface area contributed by atoms with Crippen LogP contribution in [-0.2, 0) is 0 Å². The molecule has 9 nitrogen and oxygen atoms in total. The third kappa shape index (κ3) is 3.07. The largest absolute Gasteiger partial charge is 0.477 e. The van der Waals surface area contributed by atoms with Gasteiger partial charge in [0.2, 0.25) is 5.56 Å². The lowest BCUT2D eigenvalue weighted by Gasteiger charge is -2.05. The topological polar surface area (TPSA) is 127 Å². The molecule has 0 spiro atoms. The second kappa shape index (κ2) is 5.78. The van der Waals surface area contributed by atoms with Gasteiger partial charge in [-0.25, -0.2) is 4.79 Å². The number of carboxylic acids is 1. The first-order chi connectivity index (χ1) is 9.25. The van der Waals surface area contributed by atoms with Gasteiger partial charge < -0.3 is 10.0 Å². The fraction of sp³-hybridized carbons (Fsp3) is 0.182. The summed E-state index contributed by atoms with van der Waals surface area (Å²) in [5, 5.41) is 30.8. The number of carboxylic acid groups (broad SMARTS) is 1. The van der Waals surface area contributed by atoms with Crippen LogP contribution in [0.25, 0.3) is 6.08 Å². The van der Waals surface area contributed by atoms with Crippen LogP contribution in [0.2, 0.25) is 0 Å². The van der Waals surface area contributed by atoms with Gasteiger partial charge in [0.15, 0.2) is 0 Å². The number of nitro benzene ring substituents is 2. The van der Waals surface area contributed by atoms with Crippen LogP contribution in [0.5, 0.6) is 0 Å². The number of hydrogen-bond acceptors (Lipinski definition) is 6. The van der Waals surface area contributed by atoms with Crippen molar-refractivity contribution in [1.82, 2.24) is 4.90 Å². The molecule has 0 bridgehead atoms. The van der Waals surface area contributed by atoms with E-state index in [0.717, 1.165) is 12.1 Å². The van der Waals surface area contributed by atoms with Crippen LogP contribution in [0.1, 0.15) is 15.9 Å². The van der Waals surface area contributed by atoms with Crippen molar-refractivity contribution in [3.8, 4) is 0 Å². The molecule has 0 aliphatic heterocycles. The first-order valence-electron chi connectivity index (χ1n) is 5.29. The number of nitro groups is 2. The molecule has 1 rings (SSSR count). The van der Waals surface area contributed by atoms with Gasteiger partial charge in [-0.15, -0.1) is 0 Å². The minimum absolute atomic E-state index is 0.0216. The minimum atomic E-state index is -1.72. The summed E-state index contributed by atoms with van der Waals surface area (Å²) in [5.74, 6) is -1.72. The molecule has 0 atom stereocenters. The zero-order valence-corrected chi connectivity index (χ0v) is 10.6. The zero-order chi connectivity index (χ0) is 15.4. The fourth-order valence-electron chi connectivity index (χ4n) is 1.52. The van der Waals surface area contributed by atoms with Gasteiger partial charge in [-0.2, -0.15) is 0 Å². The molecule has 1 N–H and O–H groups in total. The van der Waals surface area contributed by atoms with Crippen molar-refractivity contribution < 1.29 is 19.7 Å². The summed E-state index contributed by atoms with van der Waals surface area (Å²) in [6, 6.07) is 2.08. The maximum absolute atomic E-state index is 11.1. The average molecular weight is 281 g/mol. The molecule has 20 heavy (non-hydrogen) atoms. The SMILES string of the molecule is CN(C)/C=C/c1ccc([N+](=O)[O-])c(C(=O)O)c1[N+](=O)[O-]. The first kappa shape index (κ1) is 15.1. The highest BCUT2D eigenvalue weighted by molar-refractivity contribution is 5.98. The second-order valence-electron chi connectivity index (χ2n) is 4.00. The molecule has 1 aromatic rings. The van der Waals surface area contributed by atoms with E-state index in [1.54, 1.807) is 19.0 Å². The predicted octanol–water partition coefficient (Wildman–Crippen LogP) is 1.73. The fourth-order valence-corrected chi connectivity index (χ4v) is 1.52. The standard InChI is InChI=1S/C11H11N3O6/c1-12(2)6-5-7-3-4-8(13(17)18)9(11(15)16)10(7)14(19)20/h3-6H,1-2H3,(H,15,16)/b6-5+. The van der Waals surface area contributed by atoms with Gasteiger partial charge >= 0.3 is 5.97 Å². The Morgan fingerprint density at radius 3 is 2.25 bits per heavy atom. The first-order valence-corrected chi connectivity index (χ1v) is 5.29. The van der Waals surface area contributed by atoms with Crippen LogP contribution < -0.4 is 0 Å². The molecule has 0 aliphatic carbocycles. The van der Waals surface area contributed by atoms with E-state index in [2.05, 4.69) is 0 Å². The number of aromatic carboxylic acids is 1. The summed E-state index contributed by atoms with van der Waals surface area (Å²) in [4.78, 5) is 32.6. The van der Waals surface area contributed by atoms with Crippen LogP contribution in [0.15, 0.2) is 18.3 Å². The van der Waals surface area contributed by atoms with Crippen molar-refractivity contribution in [2.45, 2.75) is 0 Å². The third-order valence-electron chi connectivity index (χ3n) is 2.33. The van der Waals surface area contributed by atoms with E-state index in [1.165, 1.54) is 12.3 Å². The van der Waals surface area contributed by atoms with Crippen molar-refractivity contribution in [2.75, 3.05) is 14.1 Å². The Morgan fingerprint density at radius 1 is 1.25 bits per heavy atom. The lowest BCUT2D eigenvalue weighted by Crippen LogP contribution is -2.08. The molecule has 106 valence electrons. The van der Waals surface area contributed by atoms with Gasteiger partial charge in [0.25, 0.3) is 11.4 Å². The molecule has 1 aromatic carbocycles. The Morgan fingerprint density at radius 2 is 1.85 bits per heavy atom. The number of benzene rings is 1. The Kier molecular flexibility index (Phi) is 4.36. The van der Waals surface area contributed by atoms with Gasteiger partial charge in [0, 0.05) is 20.2 Å². The molecule has 0 saturated carbocycles. The highest BCUT2D eigenvalue weighted by Crippen LogP contribution is 2.32. The van der Waals surface area contributed by atoms with Crippen LogP contribution in [0.3, 0.4) is 0 Å². The van der Waals surface area contributed by atoms with Crippen molar-refractivity contribution in [1.29, 1.82) is 0 Å². The van der Waals surface area contributed by atoms with Gasteiger partial charge in [0.05, 0.1) is 15.4 Å². The van der Waals surface area contributed by atoms with Crippen LogP contribution in [0, 0.1) is 20.2 Å². The van der Waals surface area contributed by atoms with Crippen LogP contribution >= 0.6 is 0 Å². The maximum atomic E-state index is 11.1. The molecule has 9 heteroatoms. The lowest BCUT2D eigenvalue weighted by atomic mass is 10.0. The molecule has 0 radical (unpaired) electrons. The Bertz CT molecular complexity index is 608. The summed E-state index contributed by atoms with van der Waals surface area (Å²) in [6.45, 7) is 0. The smallest absolute Gasteiger partial charge is 0.349 e. The zero-order valence-electron chi connectivity index (χ0n) is 10.6. The number of nitrogens with zero attached hydrogens (tertiary/aromatic N) is 3. The predicted molar refractivity (Wildman–Crippen MR) is 69.4 cm³/mol. The summed E-state index contributed by atoms with van der Waals surface area (Å²) in [5.41, 5.74) is -2.57. The molecule has 0 aromatic heterocycles. The Hall–Kier alpha value is -2.97. The van der Waals surface area contributed by atoms with Gasteiger partial charge in [0.1, 0.15) is 0 Å². The van der Waals surface area contributed by atoms with Gasteiger partial charge in [-0.1, -0.05) is 0 Å². The maximum Gasteiger partial charge on any atom is 0.349 e. The van der Waals surface area contributed by atoms with E-state index in [4.69, 9.17) is 5.11 Å². The molecular formula is C11H11N3O6. The lowest BCUT2D eigenvalue weighted by molar-refractivity contribution is -0.394. The number of rotatable bonds is 5. The number of carbonyl (C=O) groups is 1. The van der Waals surface area contributed by atoms with Gasteiger partial charge in [-0.3, -0.25) is 20.2 Å². The van der Waals surface area contributed by atoms with E-state index < -0.39 is 32.8 Å². The van der Waals surface area contributed by atoms with Crippen molar-refractivity contribution >= 4 is 23.4 Å². The highest BCUT2D eigenvalue weighted by Gasteiger charge is 2.33. The average Bonchev–Trinajstić information content (AvgIpc) is 2.34. The Balaban J connectivity index is 3.65. The molecule has 0 fully saturated rings. The molecule has 0 aliphatic rings. The summed E-state index contributed by atoms with van der Waals surface area (Å²) in [6.07, 6.45) is 2.79. The van der Waals surface area contributed by atoms with E-state index in [1.807, 2.05) is 0 Å². The highest BCUT2D eigenvalue weighted by atomic mass is 16.6. The molecule has 0 heterocycles. The number of hydrogen-bond donors (Lipinski definition) is 1. The minimum Gasteiger partial charge on any atom is -0.477 e. The van der Waals surface area contributed by atoms with Crippen molar-refractivity contribution in [3.05, 3.63) is 49.7 Å². The third-order valence-corrected chi connectivity index (χ3v) is 2.33. The van der Waals surface area contributed by atoms with Crippen LogP contribution in [0.4, 0.5) is 11.4 Å². The molecule has 0 unspecified atom stereocenters. The quantitative estimate of drug-likeness (QED) is 0.643. The van der Waals surface area contributed by atoms with Crippen LogP contribution in [-0.4, -0.2) is 39.9 Å². The van der Waals surface area contributed by atoms with E-state index in [0.29, 0.717) is 0 Å². The summed E-state index contributed by atoms with van der Waals surface area (Å²) in [7, 11) is 3.34.